The number of furan rings is 1. The van der Waals surface area contributed by atoms with Crippen molar-refractivity contribution in [2.45, 2.75) is 45.7 Å². The van der Waals surface area contributed by atoms with Gasteiger partial charge in [0.2, 0.25) is 0 Å². The Morgan fingerprint density at radius 3 is 2.29 bits per heavy atom. The van der Waals surface area contributed by atoms with Crippen LogP contribution in [0.3, 0.4) is 0 Å². The van der Waals surface area contributed by atoms with E-state index in [2.05, 4.69) is 0 Å². The number of hydrogen-bond donors (Lipinski definition) is 0. The number of fused-ring (bicyclic) bond motifs is 1. The van der Waals surface area contributed by atoms with Crippen LogP contribution in [0, 0.1) is 0 Å². The molecule has 0 saturated heterocycles. The van der Waals surface area contributed by atoms with Crippen molar-refractivity contribution in [3.63, 3.8) is 0 Å². The van der Waals surface area contributed by atoms with Gasteiger partial charge < -0.3 is 13.5 Å². The van der Waals surface area contributed by atoms with E-state index in [9.17, 15) is 9.36 Å². The monoisotopic (exact) mass is 334 g/mol. The second-order valence-corrected chi connectivity index (χ2v) is 7.29. The lowest BCUT2D eigenvalue weighted by molar-refractivity contribution is 0.105. The summed E-state index contributed by atoms with van der Waals surface area (Å²) in [6.45, 7) is 4.11. The number of carbonyl (C=O) groups excluding carboxylic acids is 1. The van der Waals surface area contributed by atoms with Gasteiger partial charge in [0.25, 0.3) is 5.24 Å². The minimum atomic E-state index is -3.25. The number of carbonyl (C=O) groups is 1. The first kappa shape index (κ1) is 16.8. The molecule has 0 radical (unpaired) electrons. The topological polar surface area (TPSA) is 65.7 Å². The molecule has 0 aromatic carbocycles. The molecule has 0 atom stereocenters. The zero-order valence-electron chi connectivity index (χ0n) is 12.3. The summed E-state index contributed by atoms with van der Waals surface area (Å²) in [5, 5.41) is -0.609. The SMILES string of the molecule is CCOP(=O)(Cc1oc(C(=O)Cl)c2c1CCCC2)OCC. The van der Waals surface area contributed by atoms with Gasteiger partial charge in [-0.3, -0.25) is 9.36 Å². The lowest BCUT2D eigenvalue weighted by Gasteiger charge is -2.17. The van der Waals surface area contributed by atoms with Gasteiger partial charge in [0.05, 0.1) is 13.2 Å². The third-order valence-corrected chi connectivity index (χ3v) is 5.62. The summed E-state index contributed by atoms with van der Waals surface area (Å²) in [7, 11) is -3.25. The first-order chi connectivity index (χ1) is 10.0. The predicted molar refractivity (Wildman–Crippen MR) is 80.1 cm³/mol. The smallest absolute Gasteiger partial charge is 0.338 e. The molecule has 0 bridgehead atoms. The molecule has 0 saturated carbocycles. The Morgan fingerprint density at radius 2 is 1.76 bits per heavy atom. The molecular formula is C14H20ClO5P. The summed E-state index contributed by atoms with van der Waals surface area (Å²) in [4.78, 5) is 11.5. The van der Waals surface area contributed by atoms with E-state index in [-0.39, 0.29) is 11.9 Å². The number of halogens is 1. The van der Waals surface area contributed by atoms with E-state index in [0.29, 0.717) is 19.0 Å². The molecule has 1 aliphatic carbocycles. The predicted octanol–water partition coefficient (Wildman–Crippen LogP) is 4.30. The Labute approximate surface area is 129 Å². The van der Waals surface area contributed by atoms with Crippen LogP contribution in [0.2, 0.25) is 0 Å². The Kier molecular flexibility index (Phi) is 5.67. The summed E-state index contributed by atoms with van der Waals surface area (Å²) >= 11 is 5.58. The number of rotatable bonds is 7. The Bertz CT molecular complexity index is 556. The van der Waals surface area contributed by atoms with Crippen molar-refractivity contribution in [3.05, 3.63) is 22.6 Å². The zero-order chi connectivity index (χ0) is 15.5. The van der Waals surface area contributed by atoms with Crippen molar-refractivity contribution in [2.24, 2.45) is 0 Å². The lowest BCUT2D eigenvalue weighted by Crippen LogP contribution is -2.05. The van der Waals surface area contributed by atoms with Gasteiger partial charge in [0.1, 0.15) is 11.9 Å². The van der Waals surface area contributed by atoms with Crippen LogP contribution in [0.25, 0.3) is 0 Å². The molecule has 0 N–H and O–H groups in total. The first-order valence-corrected chi connectivity index (χ1v) is 9.32. The van der Waals surface area contributed by atoms with Crippen LogP contribution < -0.4 is 0 Å². The molecule has 1 aliphatic rings. The molecule has 2 rings (SSSR count). The van der Waals surface area contributed by atoms with E-state index < -0.39 is 12.8 Å². The second kappa shape index (κ2) is 7.10. The average molecular weight is 335 g/mol. The average Bonchev–Trinajstić information content (AvgIpc) is 2.78. The van der Waals surface area contributed by atoms with Crippen LogP contribution in [0.15, 0.2) is 4.42 Å². The van der Waals surface area contributed by atoms with Gasteiger partial charge in [-0.2, -0.15) is 0 Å². The van der Waals surface area contributed by atoms with Gasteiger partial charge in [-0.15, -0.1) is 0 Å². The summed E-state index contributed by atoms with van der Waals surface area (Å²) in [6, 6.07) is 0. The van der Waals surface area contributed by atoms with Crippen molar-refractivity contribution < 1.29 is 22.8 Å². The summed E-state index contributed by atoms with van der Waals surface area (Å²) < 4.78 is 28.8. The summed E-state index contributed by atoms with van der Waals surface area (Å²) in [5.41, 5.74) is 1.81. The highest BCUT2D eigenvalue weighted by Crippen LogP contribution is 2.52. The van der Waals surface area contributed by atoms with Crippen LogP contribution >= 0.6 is 19.2 Å². The minimum absolute atomic E-state index is 0.0428. The highest BCUT2D eigenvalue weighted by molar-refractivity contribution is 7.53. The number of hydrogen-bond acceptors (Lipinski definition) is 5. The highest BCUT2D eigenvalue weighted by Gasteiger charge is 2.32. The maximum atomic E-state index is 12.6. The van der Waals surface area contributed by atoms with Crippen molar-refractivity contribution in [2.75, 3.05) is 13.2 Å². The molecule has 0 fully saturated rings. The van der Waals surface area contributed by atoms with Crippen LogP contribution in [0.1, 0.15) is 54.1 Å². The summed E-state index contributed by atoms with van der Waals surface area (Å²) in [6.07, 6.45) is 3.62. The van der Waals surface area contributed by atoms with Crippen molar-refractivity contribution in [3.8, 4) is 0 Å². The Hall–Kier alpha value is -0.610. The maximum absolute atomic E-state index is 12.6. The third-order valence-electron chi connectivity index (χ3n) is 3.47. The molecule has 118 valence electrons. The molecule has 0 unspecified atom stereocenters. The van der Waals surface area contributed by atoms with E-state index >= 15 is 0 Å². The fraction of sp³-hybridized carbons (Fsp3) is 0.643. The van der Waals surface area contributed by atoms with E-state index in [4.69, 9.17) is 25.1 Å². The first-order valence-electron chi connectivity index (χ1n) is 7.22. The molecule has 1 aromatic rings. The van der Waals surface area contributed by atoms with Gasteiger partial charge in [0.15, 0.2) is 5.76 Å². The van der Waals surface area contributed by atoms with E-state index in [1.807, 2.05) is 0 Å². The summed E-state index contributed by atoms with van der Waals surface area (Å²) in [5.74, 6) is 0.694. The molecule has 21 heavy (non-hydrogen) atoms. The Balaban J connectivity index is 2.35. The molecule has 5 nitrogen and oxygen atoms in total. The van der Waals surface area contributed by atoms with Gasteiger partial charge in [-0.25, -0.2) is 0 Å². The quantitative estimate of drug-likeness (QED) is 0.549. The van der Waals surface area contributed by atoms with Crippen molar-refractivity contribution in [1.29, 1.82) is 0 Å². The third kappa shape index (κ3) is 3.78. The van der Waals surface area contributed by atoms with Crippen molar-refractivity contribution >= 4 is 24.4 Å². The van der Waals surface area contributed by atoms with Gasteiger partial charge in [-0.05, 0) is 56.7 Å². The van der Waals surface area contributed by atoms with Crippen LogP contribution in [0.4, 0.5) is 0 Å². The van der Waals surface area contributed by atoms with Gasteiger partial charge >= 0.3 is 7.60 Å². The van der Waals surface area contributed by atoms with Gasteiger partial charge in [0, 0.05) is 5.56 Å². The molecule has 0 amide bonds. The standard InChI is InChI=1S/C14H20ClO5P/c1-3-18-21(17,19-4-2)9-12-10-7-5-6-8-11(10)13(20-12)14(15)16/h3-9H2,1-2H3. The maximum Gasteiger partial charge on any atom is 0.338 e. The van der Waals surface area contributed by atoms with E-state index in [1.165, 1.54) is 0 Å². The highest BCUT2D eigenvalue weighted by atomic mass is 35.5. The molecule has 0 spiro atoms. The molecular weight excluding hydrogens is 315 g/mol. The van der Waals surface area contributed by atoms with E-state index in [0.717, 1.165) is 36.8 Å². The van der Waals surface area contributed by atoms with Crippen LogP contribution in [-0.4, -0.2) is 18.5 Å². The fourth-order valence-corrected chi connectivity index (χ4v) is 4.50. The van der Waals surface area contributed by atoms with Gasteiger partial charge in [-0.1, -0.05) is 0 Å². The van der Waals surface area contributed by atoms with Crippen LogP contribution in [0.5, 0.6) is 0 Å². The zero-order valence-corrected chi connectivity index (χ0v) is 14.0. The molecule has 7 heteroatoms. The van der Waals surface area contributed by atoms with E-state index in [1.54, 1.807) is 13.8 Å². The van der Waals surface area contributed by atoms with Crippen molar-refractivity contribution in [1.82, 2.24) is 0 Å². The normalized spacial score (nSPS) is 15.0. The van der Waals surface area contributed by atoms with Crippen LogP contribution in [-0.2, 0) is 32.6 Å². The lowest BCUT2D eigenvalue weighted by atomic mass is 9.92. The molecule has 0 aliphatic heterocycles. The molecule has 1 aromatic heterocycles. The largest absolute Gasteiger partial charge is 0.455 e. The minimum Gasteiger partial charge on any atom is -0.455 e. The molecule has 1 heterocycles. The Morgan fingerprint density at radius 1 is 1.19 bits per heavy atom. The fourth-order valence-electron chi connectivity index (χ4n) is 2.69. The second-order valence-electron chi connectivity index (χ2n) is 4.90.